The van der Waals surface area contributed by atoms with E-state index < -0.39 is 14.7 Å². The summed E-state index contributed by atoms with van der Waals surface area (Å²) in [6, 6.07) is 9.33. The highest BCUT2D eigenvalue weighted by Crippen LogP contribution is 2.17. The van der Waals surface area contributed by atoms with Crippen LogP contribution in [0, 0.1) is 11.3 Å². The third-order valence-electron chi connectivity index (χ3n) is 1.68. The van der Waals surface area contributed by atoms with E-state index in [4.69, 9.17) is 5.26 Å². The lowest BCUT2D eigenvalue weighted by Crippen LogP contribution is -2.03. The van der Waals surface area contributed by atoms with E-state index in [1.807, 2.05) is 0 Å². The molecule has 0 saturated heterocycles. The number of hydrogen-bond donors (Lipinski definition) is 0. The molecular weight excluding hydrogens is 214 g/mol. The fraction of sp³-hybridized carbons (Fsp3) is 0.100. The molecule has 0 aliphatic heterocycles. The molecule has 0 unspecified atom stereocenters. The van der Waals surface area contributed by atoms with Crippen LogP contribution >= 0.6 is 0 Å². The van der Waals surface area contributed by atoms with Gasteiger partial charge in [-0.3, -0.25) is 0 Å². The van der Waals surface area contributed by atoms with Gasteiger partial charge >= 0.3 is 0 Å². The first-order valence-corrected chi connectivity index (χ1v) is 5.54. The van der Waals surface area contributed by atoms with Crippen molar-refractivity contribution in [2.45, 2.75) is 4.90 Å². The molecule has 0 fully saturated rings. The summed E-state index contributed by atoms with van der Waals surface area (Å²) in [5.41, 5.74) is 0. The van der Waals surface area contributed by atoms with Crippen molar-refractivity contribution < 1.29 is 13.2 Å². The number of nitriles is 1. The van der Waals surface area contributed by atoms with Gasteiger partial charge in [0, 0.05) is 0 Å². The molecule has 15 heavy (non-hydrogen) atoms. The van der Waals surface area contributed by atoms with E-state index >= 15 is 0 Å². The summed E-state index contributed by atoms with van der Waals surface area (Å²) in [6.07, 6.45) is 0.919. The van der Waals surface area contributed by atoms with Gasteiger partial charge in [-0.2, -0.15) is 5.26 Å². The first kappa shape index (κ1) is 11.3. The predicted octanol–water partition coefficient (Wildman–Crippen LogP) is 1.47. The zero-order valence-electron chi connectivity index (χ0n) is 8.04. The van der Waals surface area contributed by atoms with E-state index in [1.54, 1.807) is 24.3 Å². The first-order valence-electron chi connectivity index (χ1n) is 4.06. The van der Waals surface area contributed by atoms with Gasteiger partial charge in [0.25, 0.3) is 0 Å². The highest BCUT2D eigenvalue weighted by atomic mass is 32.2. The van der Waals surface area contributed by atoms with Gasteiger partial charge in [0.2, 0.25) is 9.84 Å². The van der Waals surface area contributed by atoms with E-state index in [2.05, 4.69) is 4.74 Å². The maximum atomic E-state index is 11.8. The molecule has 0 atom stereocenters. The Bertz CT molecular complexity index is 497. The minimum absolute atomic E-state index is 0.0786. The molecule has 1 aromatic rings. The molecule has 0 aliphatic carbocycles. The number of allylic oxidation sites excluding steroid dienone is 1. The Morgan fingerprint density at radius 3 is 2.47 bits per heavy atom. The number of sulfone groups is 1. The molecule has 0 saturated carbocycles. The summed E-state index contributed by atoms with van der Waals surface area (Å²) in [5.74, 6) is 0. The van der Waals surface area contributed by atoms with Gasteiger partial charge in [-0.1, -0.05) is 18.2 Å². The topological polar surface area (TPSA) is 67.2 Å². The van der Waals surface area contributed by atoms with E-state index in [0.29, 0.717) is 0 Å². The number of ether oxygens (including phenoxy) is 1. The minimum Gasteiger partial charge on any atom is -0.502 e. The number of nitrogens with zero attached hydrogens (tertiary/aromatic N) is 1. The highest BCUT2D eigenvalue weighted by molar-refractivity contribution is 7.95. The normalized spacial score (nSPS) is 11.9. The average Bonchev–Trinajstić information content (AvgIpc) is 2.27. The monoisotopic (exact) mass is 223 g/mol. The van der Waals surface area contributed by atoms with Gasteiger partial charge in [-0.05, 0) is 12.1 Å². The number of rotatable bonds is 3. The Labute approximate surface area is 88.3 Å². The van der Waals surface area contributed by atoms with Crippen molar-refractivity contribution in [3.8, 4) is 6.07 Å². The molecule has 0 aromatic heterocycles. The van der Waals surface area contributed by atoms with Crippen molar-refractivity contribution >= 4 is 9.84 Å². The van der Waals surface area contributed by atoms with E-state index in [-0.39, 0.29) is 4.90 Å². The third-order valence-corrected chi connectivity index (χ3v) is 3.34. The van der Waals surface area contributed by atoms with Crippen molar-refractivity contribution in [3.05, 3.63) is 41.5 Å². The van der Waals surface area contributed by atoms with Crippen LogP contribution < -0.4 is 0 Å². The van der Waals surface area contributed by atoms with E-state index in [0.717, 1.165) is 6.26 Å². The fourth-order valence-corrected chi connectivity index (χ4v) is 2.10. The van der Waals surface area contributed by atoms with Gasteiger partial charge in [0.05, 0.1) is 12.0 Å². The lowest BCUT2D eigenvalue weighted by Gasteiger charge is -2.01. The van der Waals surface area contributed by atoms with Crippen LogP contribution in [0.2, 0.25) is 0 Å². The zero-order valence-corrected chi connectivity index (χ0v) is 8.86. The van der Waals surface area contributed by atoms with Crippen LogP contribution in [0.1, 0.15) is 0 Å². The van der Waals surface area contributed by atoms with Gasteiger partial charge in [-0.25, -0.2) is 8.42 Å². The minimum atomic E-state index is -3.74. The van der Waals surface area contributed by atoms with Crippen LogP contribution in [0.25, 0.3) is 0 Å². The average molecular weight is 223 g/mol. The molecule has 1 aromatic carbocycles. The van der Waals surface area contributed by atoms with Crippen molar-refractivity contribution in [1.29, 1.82) is 5.26 Å². The standard InChI is InChI=1S/C10H9NO3S/c1-14-8-10(7-11)15(12,13)9-5-3-2-4-6-9/h2-6,8H,1H3. The van der Waals surface area contributed by atoms with Crippen molar-refractivity contribution in [2.75, 3.05) is 7.11 Å². The molecular formula is C10H9NO3S. The summed E-state index contributed by atoms with van der Waals surface area (Å²) in [7, 11) is -2.45. The molecule has 78 valence electrons. The summed E-state index contributed by atoms with van der Waals surface area (Å²) in [4.78, 5) is -0.328. The Hall–Kier alpha value is -1.80. The SMILES string of the molecule is COC=C(C#N)S(=O)(=O)c1ccccc1. The van der Waals surface area contributed by atoms with Crippen LogP contribution in [0.5, 0.6) is 0 Å². The van der Waals surface area contributed by atoms with E-state index in [9.17, 15) is 8.42 Å². The Morgan fingerprint density at radius 1 is 1.40 bits per heavy atom. The van der Waals surface area contributed by atoms with Gasteiger partial charge < -0.3 is 4.74 Å². The maximum absolute atomic E-state index is 11.8. The smallest absolute Gasteiger partial charge is 0.219 e. The number of hydrogen-bond acceptors (Lipinski definition) is 4. The molecule has 5 heteroatoms. The van der Waals surface area contributed by atoms with Crippen LogP contribution in [-0.4, -0.2) is 15.5 Å². The summed E-state index contributed by atoms with van der Waals surface area (Å²) in [6.45, 7) is 0. The lowest BCUT2D eigenvalue weighted by molar-refractivity contribution is 0.337. The molecule has 0 bridgehead atoms. The molecule has 0 aliphatic rings. The molecule has 4 nitrogen and oxygen atoms in total. The van der Waals surface area contributed by atoms with Crippen molar-refractivity contribution in [1.82, 2.24) is 0 Å². The zero-order chi connectivity index (χ0) is 11.3. The predicted molar refractivity (Wildman–Crippen MR) is 54.3 cm³/mol. The summed E-state index contributed by atoms with van der Waals surface area (Å²) in [5, 5.41) is 8.68. The second kappa shape index (κ2) is 4.62. The Morgan fingerprint density at radius 2 is 2.00 bits per heavy atom. The largest absolute Gasteiger partial charge is 0.502 e. The molecule has 0 radical (unpaired) electrons. The molecule has 1 rings (SSSR count). The van der Waals surface area contributed by atoms with Gasteiger partial charge in [-0.15, -0.1) is 0 Å². The summed E-state index contributed by atoms with van der Waals surface area (Å²) < 4.78 is 28.1. The lowest BCUT2D eigenvalue weighted by atomic mass is 10.4. The maximum Gasteiger partial charge on any atom is 0.219 e. The quantitative estimate of drug-likeness (QED) is 0.575. The number of methoxy groups -OCH3 is 1. The Balaban J connectivity index is 3.27. The van der Waals surface area contributed by atoms with Crippen molar-refractivity contribution in [3.63, 3.8) is 0 Å². The fourth-order valence-electron chi connectivity index (χ4n) is 0.983. The van der Waals surface area contributed by atoms with Crippen LogP contribution in [0.3, 0.4) is 0 Å². The highest BCUT2D eigenvalue weighted by Gasteiger charge is 2.20. The van der Waals surface area contributed by atoms with Crippen LogP contribution in [-0.2, 0) is 14.6 Å². The van der Waals surface area contributed by atoms with Crippen molar-refractivity contribution in [2.24, 2.45) is 0 Å². The van der Waals surface area contributed by atoms with Crippen LogP contribution in [0.4, 0.5) is 0 Å². The second-order valence-electron chi connectivity index (χ2n) is 2.65. The van der Waals surface area contributed by atoms with Crippen LogP contribution in [0.15, 0.2) is 46.4 Å². The summed E-state index contributed by atoms with van der Waals surface area (Å²) >= 11 is 0. The number of benzene rings is 1. The molecule has 0 N–H and O–H groups in total. The van der Waals surface area contributed by atoms with Gasteiger partial charge in [0.15, 0.2) is 4.91 Å². The van der Waals surface area contributed by atoms with Gasteiger partial charge in [0.1, 0.15) is 12.3 Å². The third kappa shape index (κ3) is 2.36. The first-order chi connectivity index (χ1) is 7.12. The second-order valence-corrected chi connectivity index (χ2v) is 4.56. The molecule has 0 spiro atoms. The Kier molecular flexibility index (Phi) is 3.47. The van der Waals surface area contributed by atoms with E-state index in [1.165, 1.54) is 19.2 Å². The molecule has 0 heterocycles. The molecule has 0 amide bonds.